The van der Waals surface area contributed by atoms with E-state index in [0.717, 1.165) is 15.5 Å². The Morgan fingerprint density at radius 2 is 2.25 bits per heavy atom. The lowest BCUT2D eigenvalue weighted by Crippen LogP contribution is -1.84. The van der Waals surface area contributed by atoms with Gasteiger partial charge in [-0.3, -0.25) is 0 Å². The summed E-state index contributed by atoms with van der Waals surface area (Å²) in [5, 5.41) is 0.715. The molecule has 1 heterocycles. The number of aromatic nitrogens is 2. The van der Waals surface area contributed by atoms with Crippen molar-refractivity contribution in [1.29, 1.82) is 0 Å². The molecule has 0 aliphatic heterocycles. The van der Waals surface area contributed by atoms with Crippen molar-refractivity contribution < 1.29 is 0 Å². The van der Waals surface area contributed by atoms with Gasteiger partial charge in [0.05, 0.1) is 22.4 Å². The Labute approximate surface area is 83.3 Å². The van der Waals surface area contributed by atoms with Gasteiger partial charge in [-0.15, -0.1) is 0 Å². The van der Waals surface area contributed by atoms with E-state index in [1.54, 1.807) is 6.33 Å². The standard InChI is InChI=1S/C8H6BrClN2/c1-12-4-11-6-3-2-5(9)7(10)8(6)12/h2-4H,1H3. The molecule has 12 heavy (non-hydrogen) atoms. The number of hydrogen-bond acceptors (Lipinski definition) is 1. The van der Waals surface area contributed by atoms with Crippen LogP contribution in [-0.2, 0) is 7.05 Å². The molecule has 0 atom stereocenters. The Bertz CT molecular complexity index is 436. The minimum Gasteiger partial charge on any atom is -0.332 e. The number of nitrogens with zero attached hydrogens (tertiary/aromatic N) is 2. The normalized spacial score (nSPS) is 10.9. The van der Waals surface area contributed by atoms with Crippen molar-refractivity contribution in [1.82, 2.24) is 9.55 Å². The average molecular weight is 246 g/mol. The van der Waals surface area contributed by atoms with Gasteiger partial charge >= 0.3 is 0 Å². The highest BCUT2D eigenvalue weighted by atomic mass is 79.9. The topological polar surface area (TPSA) is 17.8 Å². The molecule has 1 aromatic heterocycles. The Morgan fingerprint density at radius 1 is 1.50 bits per heavy atom. The molecule has 0 fully saturated rings. The predicted molar refractivity (Wildman–Crippen MR) is 53.4 cm³/mol. The Balaban J connectivity index is 2.96. The van der Waals surface area contributed by atoms with Crippen LogP contribution in [0, 0.1) is 0 Å². The number of halogens is 2. The van der Waals surface area contributed by atoms with Gasteiger partial charge in [-0.2, -0.15) is 0 Å². The van der Waals surface area contributed by atoms with Gasteiger partial charge in [0.15, 0.2) is 0 Å². The van der Waals surface area contributed by atoms with Gasteiger partial charge in [0, 0.05) is 11.5 Å². The lowest BCUT2D eigenvalue weighted by atomic mass is 10.3. The molecule has 2 rings (SSSR count). The molecule has 0 amide bonds. The first-order valence-corrected chi connectivity index (χ1v) is 4.62. The van der Waals surface area contributed by atoms with Crippen LogP contribution in [0.4, 0.5) is 0 Å². The van der Waals surface area contributed by atoms with Crippen LogP contribution < -0.4 is 0 Å². The number of aryl methyl sites for hydroxylation is 1. The number of fused-ring (bicyclic) bond motifs is 1. The minimum absolute atomic E-state index is 0.715. The smallest absolute Gasteiger partial charge is 0.0956 e. The molecule has 0 spiro atoms. The molecule has 1 aromatic carbocycles. The maximum Gasteiger partial charge on any atom is 0.0956 e. The van der Waals surface area contributed by atoms with Crippen LogP contribution in [0.3, 0.4) is 0 Å². The molecular formula is C8H6BrClN2. The summed E-state index contributed by atoms with van der Waals surface area (Å²) in [5.74, 6) is 0. The third-order valence-electron chi connectivity index (χ3n) is 1.77. The van der Waals surface area contributed by atoms with E-state index in [1.165, 1.54) is 0 Å². The second-order valence-electron chi connectivity index (χ2n) is 2.58. The number of benzene rings is 1. The highest BCUT2D eigenvalue weighted by Gasteiger charge is 2.06. The Kier molecular flexibility index (Phi) is 1.85. The zero-order valence-corrected chi connectivity index (χ0v) is 8.72. The molecule has 0 aliphatic rings. The Morgan fingerprint density at radius 3 is 3.00 bits per heavy atom. The molecule has 0 saturated carbocycles. The van der Waals surface area contributed by atoms with Crippen LogP contribution in [0.15, 0.2) is 22.9 Å². The molecule has 62 valence electrons. The SMILES string of the molecule is Cn1cnc2ccc(Br)c(Cl)c21. The number of hydrogen-bond donors (Lipinski definition) is 0. The second kappa shape index (κ2) is 2.75. The van der Waals surface area contributed by atoms with E-state index in [0.29, 0.717) is 5.02 Å². The van der Waals surface area contributed by atoms with E-state index in [9.17, 15) is 0 Å². The van der Waals surface area contributed by atoms with Crippen molar-refractivity contribution >= 4 is 38.6 Å². The predicted octanol–water partition coefficient (Wildman–Crippen LogP) is 2.99. The van der Waals surface area contributed by atoms with Gasteiger partial charge in [-0.05, 0) is 28.1 Å². The third kappa shape index (κ3) is 1.04. The monoisotopic (exact) mass is 244 g/mol. The molecule has 0 radical (unpaired) electrons. The zero-order valence-electron chi connectivity index (χ0n) is 6.38. The molecule has 0 aliphatic carbocycles. The molecule has 4 heteroatoms. The molecule has 2 aromatic rings. The molecule has 0 bridgehead atoms. The van der Waals surface area contributed by atoms with E-state index >= 15 is 0 Å². The van der Waals surface area contributed by atoms with Crippen LogP contribution in [0.25, 0.3) is 11.0 Å². The van der Waals surface area contributed by atoms with E-state index in [1.807, 2.05) is 23.7 Å². The molecule has 2 nitrogen and oxygen atoms in total. The van der Waals surface area contributed by atoms with Gasteiger partial charge < -0.3 is 4.57 Å². The van der Waals surface area contributed by atoms with Crippen molar-refractivity contribution in [3.8, 4) is 0 Å². The molecule has 0 N–H and O–H groups in total. The van der Waals surface area contributed by atoms with Gasteiger partial charge in [0.25, 0.3) is 0 Å². The quantitative estimate of drug-likeness (QED) is 0.698. The molecular weight excluding hydrogens is 239 g/mol. The number of rotatable bonds is 0. The van der Waals surface area contributed by atoms with Gasteiger partial charge in [0.1, 0.15) is 0 Å². The van der Waals surface area contributed by atoms with Crippen molar-refractivity contribution in [2.75, 3.05) is 0 Å². The first kappa shape index (κ1) is 8.08. The second-order valence-corrected chi connectivity index (χ2v) is 3.82. The van der Waals surface area contributed by atoms with Gasteiger partial charge in [0.2, 0.25) is 0 Å². The zero-order chi connectivity index (χ0) is 8.72. The first-order valence-electron chi connectivity index (χ1n) is 3.45. The minimum atomic E-state index is 0.715. The van der Waals surface area contributed by atoms with Crippen molar-refractivity contribution in [3.63, 3.8) is 0 Å². The summed E-state index contributed by atoms with van der Waals surface area (Å²) in [5.41, 5.74) is 1.89. The lowest BCUT2D eigenvalue weighted by Gasteiger charge is -1.99. The lowest BCUT2D eigenvalue weighted by molar-refractivity contribution is 0.947. The van der Waals surface area contributed by atoms with E-state index < -0.39 is 0 Å². The third-order valence-corrected chi connectivity index (χ3v) is 3.04. The van der Waals surface area contributed by atoms with Crippen LogP contribution in [0.5, 0.6) is 0 Å². The summed E-state index contributed by atoms with van der Waals surface area (Å²) in [7, 11) is 1.92. The maximum absolute atomic E-state index is 6.06. The average Bonchev–Trinajstić information content (AvgIpc) is 2.41. The summed E-state index contributed by atoms with van der Waals surface area (Å²) in [4.78, 5) is 4.18. The fourth-order valence-corrected chi connectivity index (χ4v) is 1.79. The van der Waals surface area contributed by atoms with E-state index in [-0.39, 0.29) is 0 Å². The fraction of sp³-hybridized carbons (Fsp3) is 0.125. The van der Waals surface area contributed by atoms with Gasteiger partial charge in [-0.1, -0.05) is 11.6 Å². The summed E-state index contributed by atoms with van der Waals surface area (Å²) in [6, 6.07) is 3.84. The van der Waals surface area contributed by atoms with Crippen molar-refractivity contribution in [2.24, 2.45) is 7.05 Å². The van der Waals surface area contributed by atoms with Crippen LogP contribution in [-0.4, -0.2) is 9.55 Å². The van der Waals surface area contributed by atoms with Crippen molar-refractivity contribution in [3.05, 3.63) is 28.0 Å². The largest absolute Gasteiger partial charge is 0.332 e. The highest BCUT2D eigenvalue weighted by Crippen LogP contribution is 2.29. The van der Waals surface area contributed by atoms with Gasteiger partial charge in [-0.25, -0.2) is 4.98 Å². The summed E-state index contributed by atoms with van der Waals surface area (Å²) in [6.07, 6.45) is 1.75. The van der Waals surface area contributed by atoms with Crippen LogP contribution in [0.2, 0.25) is 5.02 Å². The molecule has 0 unspecified atom stereocenters. The highest BCUT2D eigenvalue weighted by molar-refractivity contribution is 9.10. The fourth-order valence-electron chi connectivity index (χ4n) is 1.18. The van der Waals surface area contributed by atoms with E-state index in [4.69, 9.17) is 11.6 Å². The van der Waals surface area contributed by atoms with Crippen LogP contribution in [0.1, 0.15) is 0 Å². The summed E-state index contributed by atoms with van der Waals surface area (Å²) < 4.78 is 2.81. The van der Waals surface area contributed by atoms with Crippen molar-refractivity contribution in [2.45, 2.75) is 0 Å². The summed E-state index contributed by atoms with van der Waals surface area (Å²) >= 11 is 9.43. The molecule has 0 saturated heterocycles. The first-order chi connectivity index (χ1) is 5.70. The summed E-state index contributed by atoms with van der Waals surface area (Å²) in [6.45, 7) is 0. The number of imidazole rings is 1. The van der Waals surface area contributed by atoms with Crippen LogP contribution >= 0.6 is 27.5 Å². The Hall–Kier alpha value is -0.540. The van der Waals surface area contributed by atoms with E-state index in [2.05, 4.69) is 20.9 Å². The maximum atomic E-state index is 6.06.